The maximum Gasteiger partial charge on any atom is 0.317 e. The molecule has 1 N–H and O–H groups in total. The largest absolute Gasteiger partial charge is 0.336 e. The molecule has 2 fully saturated rings. The van der Waals surface area contributed by atoms with Crippen LogP contribution in [0.3, 0.4) is 0 Å². The summed E-state index contributed by atoms with van der Waals surface area (Å²) in [6.45, 7) is 9.10. The third-order valence-corrected chi connectivity index (χ3v) is 4.76. The lowest BCUT2D eigenvalue weighted by molar-refractivity contribution is 0.129. The molecule has 1 aliphatic heterocycles. The molecule has 0 spiro atoms. The molecule has 6 heteroatoms. The highest BCUT2D eigenvalue weighted by Gasteiger charge is 2.50. The summed E-state index contributed by atoms with van der Waals surface area (Å²) in [4.78, 5) is 14.5. The first-order valence-electron chi connectivity index (χ1n) is 7.76. The maximum absolute atomic E-state index is 12.4. The zero-order valence-electron chi connectivity index (χ0n) is 13.2. The summed E-state index contributed by atoms with van der Waals surface area (Å²) in [6, 6.07) is 0.465. The second-order valence-electron chi connectivity index (χ2n) is 7.74. The Labute approximate surface area is 125 Å². The Kier molecular flexibility index (Phi) is 3.42. The number of hydrogen-bond acceptors (Lipinski definition) is 3. The first-order valence-corrected chi connectivity index (χ1v) is 7.76. The summed E-state index contributed by atoms with van der Waals surface area (Å²) < 4.78 is 1.73. The van der Waals surface area contributed by atoms with Gasteiger partial charge in [0.05, 0.1) is 12.7 Å². The van der Waals surface area contributed by atoms with Gasteiger partial charge in [-0.3, -0.25) is 4.68 Å². The van der Waals surface area contributed by atoms with Gasteiger partial charge in [-0.2, -0.15) is 0 Å². The van der Waals surface area contributed by atoms with Crippen LogP contribution in [0.2, 0.25) is 0 Å². The number of nitrogens with zero attached hydrogens (tertiary/aromatic N) is 4. The second kappa shape index (κ2) is 5.00. The highest BCUT2D eigenvalue weighted by molar-refractivity contribution is 5.75. The molecule has 2 heterocycles. The number of amides is 2. The number of carbonyl (C=O) groups is 1. The number of hydrogen-bond donors (Lipinski definition) is 1. The number of likely N-dealkylation sites (tertiary alicyclic amines) is 1. The Morgan fingerprint density at radius 1 is 1.38 bits per heavy atom. The molecule has 3 rings (SSSR count). The van der Waals surface area contributed by atoms with Gasteiger partial charge in [-0.15, -0.1) is 5.10 Å². The topological polar surface area (TPSA) is 63.1 Å². The van der Waals surface area contributed by atoms with Gasteiger partial charge in [0.25, 0.3) is 0 Å². The van der Waals surface area contributed by atoms with E-state index in [0.717, 1.165) is 19.4 Å². The first-order chi connectivity index (χ1) is 9.87. The fourth-order valence-electron chi connectivity index (χ4n) is 4.43. The summed E-state index contributed by atoms with van der Waals surface area (Å²) >= 11 is 0. The molecule has 2 atom stereocenters. The molecular formula is C15H25N5O. The van der Waals surface area contributed by atoms with E-state index in [0.29, 0.717) is 24.5 Å². The molecule has 2 bridgehead atoms. The molecule has 116 valence electrons. The van der Waals surface area contributed by atoms with Crippen molar-refractivity contribution in [2.45, 2.75) is 52.6 Å². The number of urea groups is 1. The summed E-state index contributed by atoms with van der Waals surface area (Å²) in [5.74, 6) is 0. The highest BCUT2D eigenvalue weighted by atomic mass is 16.2. The van der Waals surface area contributed by atoms with Crippen LogP contribution in [0.4, 0.5) is 4.79 Å². The summed E-state index contributed by atoms with van der Waals surface area (Å²) in [5, 5.41) is 10.7. The van der Waals surface area contributed by atoms with Crippen molar-refractivity contribution in [3.8, 4) is 0 Å². The lowest BCUT2D eigenvalue weighted by Gasteiger charge is -2.39. The SMILES string of the molecule is CC1(C)C[C@@H]2C[C@@](C)(CN2C(=O)NCCn2ccnn2)C1. The maximum atomic E-state index is 12.4. The van der Waals surface area contributed by atoms with Crippen molar-refractivity contribution in [2.24, 2.45) is 10.8 Å². The van der Waals surface area contributed by atoms with Gasteiger partial charge in [0.1, 0.15) is 0 Å². The van der Waals surface area contributed by atoms with Gasteiger partial charge < -0.3 is 10.2 Å². The van der Waals surface area contributed by atoms with Crippen LogP contribution >= 0.6 is 0 Å². The number of nitrogens with one attached hydrogen (secondary N) is 1. The van der Waals surface area contributed by atoms with Gasteiger partial charge in [-0.25, -0.2) is 4.79 Å². The minimum Gasteiger partial charge on any atom is -0.336 e. The number of rotatable bonds is 3. The van der Waals surface area contributed by atoms with E-state index < -0.39 is 0 Å². The van der Waals surface area contributed by atoms with Crippen LogP contribution < -0.4 is 5.32 Å². The lowest BCUT2D eigenvalue weighted by atomic mass is 9.65. The molecule has 1 saturated carbocycles. The molecule has 1 saturated heterocycles. The van der Waals surface area contributed by atoms with E-state index in [9.17, 15) is 4.79 Å². The monoisotopic (exact) mass is 291 g/mol. The van der Waals surface area contributed by atoms with Crippen molar-refractivity contribution < 1.29 is 4.79 Å². The van der Waals surface area contributed by atoms with Gasteiger partial charge in [0.15, 0.2) is 0 Å². The Morgan fingerprint density at radius 3 is 2.90 bits per heavy atom. The first kappa shape index (κ1) is 14.4. The molecule has 1 aromatic heterocycles. The second-order valence-corrected chi connectivity index (χ2v) is 7.74. The smallest absolute Gasteiger partial charge is 0.317 e. The molecule has 1 aromatic rings. The Balaban J connectivity index is 1.56. The third kappa shape index (κ3) is 3.04. The van der Waals surface area contributed by atoms with Crippen molar-refractivity contribution in [3.63, 3.8) is 0 Å². The van der Waals surface area contributed by atoms with Crippen molar-refractivity contribution in [2.75, 3.05) is 13.1 Å². The number of fused-ring (bicyclic) bond motifs is 2. The molecule has 21 heavy (non-hydrogen) atoms. The van der Waals surface area contributed by atoms with E-state index in [2.05, 4.69) is 41.3 Å². The molecular weight excluding hydrogens is 266 g/mol. The van der Waals surface area contributed by atoms with E-state index in [4.69, 9.17) is 0 Å². The third-order valence-electron chi connectivity index (χ3n) is 4.76. The number of aromatic nitrogens is 3. The average molecular weight is 291 g/mol. The highest BCUT2D eigenvalue weighted by Crippen LogP contribution is 2.52. The van der Waals surface area contributed by atoms with Gasteiger partial charge in [-0.05, 0) is 30.1 Å². The van der Waals surface area contributed by atoms with E-state index in [1.807, 2.05) is 0 Å². The van der Waals surface area contributed by atoms with E-state index in [-0.39, 0.29) is 11.4 Å². The number of carbonyl (C=O) groups excluding carboxylic acids is 1. The van der Waals surface area contributed by atoms with Crippen LogP contribution in [-0.2, 0) is 6.54 Å². The fourth-order valence-corrected chi connectivity index (χ4v) is 4.43. The minimum absolute atomic E-state index is 0.0709. The molecule has 0 radical (unpaired) electrons. The van der Waals surface area contributed by atoms with Gasteiger partial charge in [-0.1, -0.05) is 26.0 Å². The predicted molar refractivity (Wildman–Crippen MR) is 79.7 cm³/mol. The van der Waals surface area contributed by atoms with Crippen molar-refractivity contribution in [1.82, 2.24) is 25.2 Å². The molecule has 2 aliphatic rings. The minimum atomic E-state index is 0.0709. The zero-order chi connectivity index (χ0) is 15.1. The average Bonchev–Trinajstić information content (AvgIpc) is 2.94. The normalized spacial score (nSPS) is 30.4. The van der Waals surface area contributed by atoms with Crippen LogP contribution in [0, 0.1) is 10.8 Å². The molecule has 1 aliphatic carbocycles. The van der Waals surface area contributed by atoms with Gasteiger partial charge in [0.2, 0.25) is 0 Å². The fraction of sp³-hybridized carbons (Fsp3) is 0.800. The van der Waals surface area contributed by atoms with Crippen LogP contribution in [0.15, 0.2) is 12.4 Å². The Hall–Kier alpha value is -1.59. The predicted octanol–water partition coefficient (Wildman–Crippen LogP) is 1.89. The summed E-state index contributed by atoms with van der Waals surface area (Å²) in [6.07, 6.45) is 6.91. The van der Waals surface area contributed by atoms with E-state index >= 15 is 0 Å². The van der Waals surface area contributed by atoms with Crippen molar-refractivity contribution in [3.05, 3.63) is 12.4 Å². The Morgan fingerprint density at radius 2 is 2.19 bits per heavy atom. The standard InChI is InChI=1S/C15H25N5O/c1-14(2)8-12-9-15(3,10-14)11-20(12)13(21)16-4-6-19-7-5-17-18-19/h5,7,12H,4,6,8-11H2,1-3H3,(H,16,21)/t12-,15-/m1/s1. The molecule has 0 unspecified atom stereocenters. The summed E-state index contributed by atoms with van der Waals surface area (Å²) in [5.41, 5.74) is 0.628. The van der Waals surface area contributed by atoms with E-state index in [1.54, 1.807) is 17.1 Å². The van der Waals surface area contributed by atoms with Crippen LogP contribution in [0.25, 0.3) is 0 Å². The quantitative estimate of drug-likeness (QED) is 0.925. The van der Waals surface area contributed by atoms with Gasteiger partial charge in [0, 0.05) is 25.3 Å². The van der Waals surface area contributed by atoms with E-state index in [1.165, 1.54) is 6.42 Å². The molecule has 0 aromatic carbocycles. The molecule has 2 amide bonds. The van der Waals surface area contributed by atoms with Crippen molar-refractivity contribution >= 4 is 6.03 Å². The van der Waals surface area contributed by atoms with Gasteiger partial charge >= 0.3 is 6.03 Å². The Bertz CT molecular complexity index is 512. The lowest BCUT2D eigenvalue weighted by Crippen LogP contribution is -2.44. The van der Waals surface area contributed by atoms with Crippen LogP contribution in [0.5, 0.6) is 0 Å². The molecule has 6 nitrogen and oxygen atoms in total. The summed E-state index contributed by atoms with van der Waals surface area (Å²) in [7, 11) is 0. The zero-order valence-corrected chi connectivity index (χ0v) is 13.2. The van der Waals surface area contributed by atoms with Crippen LogP contribution in [0.1, 0.15) is 40.0 Å². The van der Waals surface area contributed by atoms with Crippen LogP contribution in [-0.4, -0.2) is 45.1 Å². The van der Waals surface area contributed by atoms with Crippen molar-refractivity contribution in [1.29, 1.82) is 0 Å².